The maximum Gasteiger partial charge on any atom is 0.143 e. The van der Waals surface area contributed by atoms with Crippen LogP contribution < -0.4 is 15.4 Å². The normalized spacial score (nSPS) is 15.8. The van der Waals surface area contributed by atoms with Crippen molar-refractivity contribution < 1.29 is 4.74 Å². The molecule has 18 heavy (non-hydrogen) atoms. The molecule has 1 aliphatic heterocycles. The maximum atomic E-state index is 5.80. The van der Waals surface area contributed by atoms with Gasteiger partial charge in [-0.1, -0.05) is 0 Å². The van der Waals surface area contributed by atoms with Gasteiger partial charge in [-0.3, -0.25) is 0 Å². The van der Waals surface area contributed by atoms with Gasteiger partial charge in [0.05, 0.1) is 12.8 Å². The summed E-state index contributed by atoms with van der Waals surface area (Å²) in [6, 6.07) is 5.98. The van der Waals surface area contributed by atoms with Gasteiger partial charge in [0.15, 0.2) is 0 Å². The molecule has 0 unspecified atom stereocenters. The van der Waals surface area contributed by atoms with Crippen LogP contribution in [0.3, 0.4) is 0 Å². The topological polar surface area (TPSA) is 41.7 Å². The van der Waals surface area contributed by atoms with Crippen LogP contribution in [-0.2, 0) is 0 Å². The molecular formula is C14H23N3O. The molecule has 100 valence electrons. The molecule has 4 heteroatoms. The number of likely N-dealkylation sites (N-methyl/N-ethyl adjacent to an activating group) is 1. The lowest BCUT2D eigenvalue weighted by Gasteiger charge is -2.34. The summed E-state index contributed by atoms with van der Waals surface area (Å²) >= 11 is 0. The van der Waals surface area contributed by atoms with Crippen molar-refractivity contribution in [3.63, 3.8) is 0 Å². The van der Waals surface area contributed by atoms with Crippen LogP contribution in [0.15, 0.2) is 31.4 Å². The zero-order valence-corrected chi connectivity index (χ0v) is 11.4. The molecule has 1 heterocycles. The molecule has 1 saturated heterocycles. The highest BCUT2D eigenvalue weighted by Crippen LogP contribution is 2.27. The molecule has 1 aromatic carbocycles. The number of hydrogen-bond acceptors (Lipinski definition) is 4. The van der Waals surface area contributed by atoms with Crippen molar-refractivity contribution >= 4 is 11.4 Å². The van der Waals surface area contributed by atoms with Gasteiger partial charge in [-0.25, -0.2) is 0 Å². The molecule has 4 nitrogen and oxygen atoms in total. The van der Waals surface area contributed by atoms with E-state index in [4.69, 9.17) is 10.5 Å². The molecule has 0 aliphatic carbocycles. The van der Waals surface area contributed by atoms with E-state index < -0.39 is 0 Å². The number of nitrogens with two attached hydrogens (primary N) is 1. The summed E-state index contributed by atoms with van der Waals surface area (Å²) in [5.41, 5.74) is 7.69. The second-order valence-electron chi connectivity index (χ2n) is 4.22. The molecule has 1 fully saturated rings. The van der Waals surface area contributed by atoms with Gasteiger partial charge in [0.2, 0.25) is 0 Å². The van der Waals surface area contributed by atoms with Gasteiger partial charge in [0.1, 0.15) is 5.75 Å². The lowest BCUT2D eigenvalue weighted by Crippen LogP contribution is -2.44. The monoisotopic (exact) mass is 249 g/mol. The smallest absolute Gasteiger partial charge is 0.143 e. The molecule has 1 aromatic rings. The number of nitrogen functional groups attached to an aromatic ring is 1. The summed E-state index contributed by atoms with van der Waals surface area (Å²) in [6.07, 6.45) is 0. The Hall–Kier alpha value is -1.68. The SMILES string of the molecule is C=C.COc1cc(N2CCN(C)CC2)ccc1N. The molecule has 2 rings (SSSR count). The van der Waals surface area contributed by atoms with Crippen LogP contribution in [0.5, 0.6) is 5.75 Å². The summed E-state index contributed by atoms with van der Waals surface area (Å²) < 4.78 is 5.24. The van der Waals surface area contributed by atoms with Crippen LogP contribution >= 0.6 is 0 Å². The largest absolute Gasteiger partial charge is 0.495 e. The van der Waals surface area contributed by atoms with E-state index in [2.05, 4.69) is 36.1 Å². The van der Waals surface area contributed by atoms with Crippen LogP contribution in [0.2, 0.25) is 0 Å². The van der Waals surface area contributed by atoms with Crippen molar-refractivity contribution in [1.82, 2.24) is 4.90 Å². The highest BCUT2D eigenvalue weighted by Gasteiger charge is 2.15. The Morgan fingerprint density at radius 1 is 1.17 bits per heavy atom. The molecule has 0 saturated carbocycles. The zero-order valence-electron chi connectivity index (χ0n) is 11.4. The van der Waals surface area contributed by atoms with Crippen molar-refractivity contribution in [2.75, 3.05) is 51.0 Å². The highest BCUT2D eigenvalue weighted by molar-refractivity contribution is 5.62. The molecule has 0 aromatic heterocycles. The average Bonchev–Trinajstić information content (AvgIpc) is 2.43. The number of anilines is 2. The van der Waals surface area contributed by atoms with Gasteiger partial charge in [-0.15, -0.1) is 13.2 Å². The van der Waals surface area contributed by atoms with Crippen molar-refractivity contribution in [1.29, 1.82) is 0 Å². The fraction of sp³-hybridized carbons (Fsp3) is 0.429. The molecule has 0 atom stereocenters. The highest BCUT2D eigenvalue weighted by atomic mass is 16.5. The summed E-state index contributed by atoms with van der Waals surface area (Å²) in [5, 5.41) is 0. The van der Waals surface area contributed by atoms with Gasteiger partial charge >= 0.3 is 0 Å². The molecular weight excluding hydrogens is 226 g/mol. The molecule has 0 spiro atoms. The number of nitrogens with zero attached hydrogens (tertiary/aromatic N) is 2. The first-order valence-corrected chi connectivity index (χ1v) is 6.07. The van der Waals surface area contributed by atoms with Crippen LogP contribution in [0.4, 0.5) is 11.4 Å². The average molecular weight is 249 g/mol. The van der Waals surface area contributed by atoms with E-state index in [1.54, 1.807) is 7.11 Å². The zero-order chi connectivity index (χ0) is 13.5. The third-order valence-electron chi connectivity index (χ3n) is 3.09. The minimum absolute atomic E-state index is 0.695. The number of piperazine rings is 1. The van der Waals surface area contributed by atoms with E-state index in [-0.39, 0.29) is 0 Å². The number of rotatable bonds is 2. The first-order valence-electron chi connectivity index (χ1n) is 6.07. The van der Waals surface area contributed by atoms with E-state index in [0.717, 1.165) is 31.9 Å². The minimum atomic E-state index is 0.695. The maximum absolute atomic E-state index is 5.80. The van der Waals surface area contributed by atoms with Gasteiger partial charge < -0.3 is 20.3 Å². The van der Waals surface area contributed by atoms with Crippen molar-refractivity contribution in [2.45, 2.75) is 0 Å². The van der Waals surface area contributed by atoms with E-state index in [1.807, 2.05) is 12.1 Å². The van der Waals surface area contributed by atoms with Crippen molar-refractivity contribution in [3.05, 3.63) is 31.4 Å². The van der Waals surface area contributed by atoms with E-state index in [9.17, 15) is 0 Å². The Balaban J connectivity index is 0.000000771. The molecule has 1 aliphatic rings. The van der Waals surface area contributed by atoms with Gasteiger partial charge in [-0.05, 0) is 19.2 Å². The Labute approximate surface area is 110 Å². The molecule has 0 amide bonds. The molecule has 2 N–H and O–H groups in total. The van der Waals surface area contributed by atoms with Gasteiger partial charge in [0.25, 0.3) is 0 Å². The number of ether oxygens (including phenoxy) is 1. The summed E-state index contributed by atoms with van der Waals surface area (Å²) in [4.78, 5) is 4.70. The fourth-order valence-corrected chi connectivity index (χ4v) is 1.96. The second-order valence-corrected chi connectivity index (χ2v) is 4.22. The van der Waals surface area contributed by atoms with Gasteiger partial charge in [-0.2, -0.15) is 0 Å². The summed E-state index contributed by atoms with van der Waals surface area (Å²) in [5.74, 6) is 0.761. The third kappa shape index (κ3) is 3.40. The van der Waals surface area contributed by atoms with E-state index >= 15 is 0 Å². The predicted molar refractivity (Wildman–Crippen MR) is 78.4 cm³/mol. The Kier molecular flexibility index (Phi) is 5.52. The quantitative estimate of drug-likeness (QED) is 0.641. The van der Waals surface area contributed by atoms with Crippen LogP contribution in [0, 0.1) is 0 Å². The second kappa shape index (κ2) is 6.91. The Bertz CT molecular complexity index is 373. The van der Waals surface area contributed by atoms with Crippen LogP contribution in [0.25, 0.3) is 0 Å². The number of hydrogen-bond donors (Lipinski definition) is 1. The van der Waals surface area contributed by atoms with E-state index in [1.165, 1.54) is 5.69 Å². The lowest BCUT2D eigenvalue weighted by molar-refractivity contribution is 0.312. The van der Waals surface area contributed by atoms with E-state index in [0.29, 0.717) is 5.69 Å². The van der Waals surface area contributed by atoms with Crippen molar-refractivity contribution in [2.24, 2.45) is 0 Å². The van der Waals surface area contributed by atoms with Crippen molar-refractivity contribution in [3.8, 4) is 5.75 Å². The lowest BCUT2D eigenvalue weighted by atomic mass is 10.2. The number of methoxy groups -OCH3 is 1. The first kappa shape index (κ1) is 14.4. The third-order valence-corrected chi connectivity index (χ3v) is 3.09. The summed E-state index contributed by atoms with van der Waals surface area (Å²) in [6.45, 7) is 10.3. The Morgan fingerprint density at radius 3 is 2.33 bits per heavy atom. The Morgan fingerprint density at radius 2 is 1.78 bits per heavy atom. The van der Waals surface area contributed by atoms with Crippen LogP contribution in [-0.4, -0.2) is 45.2 Å². The summed E-state index contributed by atoms with van der Waals surface area (Å²) in [7, 11) is 3.81. The molecule has 0 bridgehead atoms. The number of benzene rings is 1. The first-order chi connectivity index (χ1) is 8.70. The van der Waals surface area contributed by atoms with Crippen LogP contribution in [0.1, 0.15) is 0 Å². The standard InChI is InChI=1S/C12H19N3O.C2H4/c1-14-5-7-15(8-6-14)10-3-4-11(13)12(9-10)16-2;1-2/h3-4,9H,5-8,13H2,1-2H3;1-2H2. The van der Waals surface area contributed by atoms with Gasteiger partial charge in [0, 0.05) is 37.9 Å². The molecule has 0 radical (unpaired) electrons. The minimum Gasteiger partial charge on any atom is -0.495 e. The fourth-order valence-electron chi connectivity index (χ4n) is 1.96. The predicted octanol–water partition coefficient (Wildman–Crippen LogP) is 1.83.